The molecule has 2 heterocycles. The van der Waals surface area contributed by atoms with Crippen LogP contribution in [0.2, 0.25) is 0 Å². The van der Waals surface area contributed by atoms with Gasteiger partial charge in [-0.2, -0.15) is 0 Å². The van der Waals surface area contributed by atoms with Crippen molar-refractivity contribution in [3.63, 3.8) is 0 Å². The monoisotopic (exact) mass is 402 g/mol. The van der Waals surface area contributed by atoms with Crippen LogP contribution in [0.25, 0.3) is 0 Å². The first-order chi connectivity index (χ1) is 14.5. The van der Waals surface area contributed by atoms with Crippen LogP contribution in [0.15, 0.2) is 48.5 Å². The van der Waals surface area contributed by atoms with Gasteiger partial charge < -0.3 is 14.5 Å². The van der Waals surface area contributed by atoms with E-state index in [1.165, 1.54) is 12.5 Å². The van der Waals surface area contributed by atoms with Crippen LogP contribution in [-0.4, -0.2) is 60.5 Å². The van der Waals surface area contributed by atoms with E-state index in [-0.39, 0.29) is 36.4 Å². The van der Waals surface area contributed by atoms with Gasteiger partial charge in [-0.15, -0.1) is 0 Å². The van der Waals surface area contributed by atoms with Gasteiger partial charge in [-0.25, -0.2) is 0 Å². The number of fused-ring (bicyclic) bond motifs is 1. The Morgan fingerprint density at radius 3 is 2.53 bits per heavy atom. The van der Waals surface area contributed by atoms with Crippen LogP contribution >= 0.6 is 0 Å². The average Bonchev–Trinajstić information content (AvgIpc) is 2.71. The number of hydrogen-bond donors (Lipinski definition) is 0. The second-order valence-electron chi connectivity index (χ2n) is 8.06. The molecule has 30 heavy (non-hydrogen) atoms. The Balaban J connectivity index is 1.55. The van der Waals surface area contributed by atoms with Gasteiger partial charge in [-0.3, -0.25) is 9.59 Å². The molecule has 0 saturated carbocycles. The molecule has 2 aromatic carbocycles. The van der Waals surface area contributed by atoms with Gasteiger partial charge in [-0.1, -0.05) is 36.1 Å². The van der Waals surface area contributed by atoms with Gasteiger partial charge in [0, 0.05) is 37.6 Å². The molecule has 0 spiro atoms. The minimum absolute atomic E-state index is 0.000362. The first-order valence-corrected chi connectivity index (χ1v) is 10.2. The standard InChI is InChI=1S/C25H26N2O3/c1-17-5-4-6-20(13-17)8-7-19-9-11-21(12-10-19)25-22-14-26(18(2)28)15-24(29)27(22)23(25)16-30-3/h4-6,9-13,22-23,25H,14-16H2,1-3H3/t22-,23-,25-/m0/s1. The Morgan fingerprint density at radius 2 is 1.87 bits per heavy atom. The Hall–Kier alpha value is -3.10. The van der Waals surface area contributed by atoms with Gasteiger partial charge in [0.15, 0.2) is 0 Å². The molecule has 2 amide bonds. The fourth-order valence-electron chi connectivity index (χ4n) is 4.55. The van der Waals surface area contributed by atoms with Gasteiger partial charge in [0.05, 0.1) is 25.2 Å². The van der Waals surface area contributed by atoms with Crippen LogP contribution in [0.1, 0.15) is 35.1 Å². The van der Waals surface area contributed by atoms with E-state index in [2.05, 4.69) is 43.0 Å². The number of rotatable bonds is 3. The molecule has 0 N–H and O–H groups in total. The number of aryl methyl sites for hydroxylation is 1. The first kappa shape index (κ1) is 20.2. The lowest BCUT2D eigenvalue weighted by Crippen LogP contribution is -2.73. The SMILES string of the molecule is COC[C@H]1[C@@H](c2ccc(C#Cc3cccc(C)c3)cc2)[C@@H]2CN(C(C)=O)CC(=O)N12. The minimum Gasteiger partial charge on any atom is -0.383 e. The van der Waals surface area contributed by atoms with Crippen molar-refractivity contribution < 1.29 is 14.3 Å². The zero-order valence-electron chi connectivity index (χ0n) is 17.6. The molecule has 4 rings (SSSR count). The highest BCUT2D eigenvalue weighted by atomic mass is 16.5. The number of carbonyl (C=O) groups is 2. The normalized spacial score (nSPS) is 22.6. The fourth-order valence-corrected chi connectivity index (χ4v) is 4.55. The number of methoxy groups -OCH3 is 1. The number of amides is 2. The third-order valence-electron chi connectivity index (χ3n) is 6.01. The Kier molecular flexibility index (Phi) is 5.61. The van der Waals surface area contributed by atoms with Gasteiger partial charge in [0.25, 0.3) is 0 Å². The van der Waals surface area contributed by atoms with E-state index in [0.717, 1.165) is 16.7 Å². The van der Waals surface area contributed by atoms with Crippen molar-refractivity contribution in [2.24, 2.45) is 0 Å². The van der Waals surface area contributed by atoms with Crippen LogP contribution < -0.4 is 0 Å². The number of piperazine rings is 1. The highest BCUT2D eigenvalue weighted by Gasteiger charge is 2.54. The third kappa shape index (κ3) is 3.83. The summed E-state index contributed by atoms with van der Waals surface area (Å²) in [5, 5.41) is 0. The number of carbonyl (C=O) groups excluding carboxylic acids is 2. The number of hydrogen-bond acceptors (Lipinski definition) is 3. The molecule has 2 fully saturated rings. The van der Waals surface area contributed by atoms with E-state index >= 15 is 0 Å². The predicted molar refractivity (Wildman–Crippen MR) is 115 cm³/mol. The van der Waals surface area contributed by atoms with Crippen molar-refractivity contribution in [1.82, 2.24) is 9.80 Å². The second kappa shape index (κ2) is 8.33. The topological polar surface area (TPSA) is 49.9 Å². The number of nitrogens with zero attached hydrogens (tertiary/aromatic N) is 2. The minimum atomic E-state index is -0.0567. The van der Waals surface area contributed by atoms with Crippen molar-refractivity contribution in [2.45, 2.75) is 31.8 Å². The summed E-state index contributed by atoms with van der Waals surface area (Å²) in [5.41, 5.74) is 4.29. The molecule has 5 heteroatoms. The molecule has 2 saturated heterocycles. The summed E-state index contributed by atoms with van der Waals surface area (Å²) in [6, 6.07) is 16.4. The maximum Gasteiger partial charge on any atom is 0.242 e. The smallest absolute Gasteiger partial charge is 0.242 e. The summed E-state index contributed by atoms with van der Waals surface area (Å²) in [7, 11) is 1.66. The Bertz CT molecular complexity index is 1020. The van der Waals surface area contributed by atoms with Crippen molar-refractivity contribution in [1.29, 1.82) is 0 Å². The summed E-state index contributed by atoms with van der Waals surface area (Å²) in [6.07, 6.45) is 0. The lowest BCUT2D eigenvalue weighted by molar-refractivity contribution is -0.167. The van der Waals surface area contributed by atoms with Crippen molar-refractivity contribution in [2.75, 3.05) is 26.8 Å². The summed E-state index contributed by atoms with van der Waals surface area (Å²) in [4.78, 5) is 28.0. The quantitative estimate of drug-likeness (QED) is 0.742. The largest absolute Gasteiger partial charge is 0.383 e. The van der Waals surface area contributed by atoms with E-state index in [9.17, 15) is 9.59 Å². The molecule has 0 aliphatic carbocycles. The van der Waals surface area contributed by atoms with Crippen LogP contribution in [0.5, 0.6) is 0 Å². The van der Waals surface area contributed by atoms with Gasteiger partial charge in [0.1, 0.15) is 0 Å². The molecule has 2 aliphatic heterocycles. The van der Waals surface area contributed by atoms with Crippen molar-refractivity contribution in [3.05, 3.63) is 70.8 Å². The highest BCUT2D eigenvalue weighted by molar-refractivity contribution is 5.87. The molecule has 2 aromatic rings. The lowest BCUT2D eigenvalue weighted by atomic mass is 9.73. The van der Waals surface area contributed by atoms with Gasteiger partial charge >= 0.3 is 0 Å². The van der Waals surface area contributed by atoms with E-state index in [1.54, 1.807) is 12.0 Å². The van der Waals surface area contributed by atoms with Crippen LogP contribution in [0, 0.1) is 18.8 Å². The van der Waals surface area contributed by atoms with Gasteiger partial charge in [0.2, 0.25) is 11.8 Å². The van der Waals surface area contributed by atoms with E-state index in [4.69, 9.17) is 4.74 Å². The Morgan fingerprint density at radius 1 is 1.13 bits per heavy atom. The highest BCUT2D eigenvalue weighted by Crippen LogP contribution is 2.43. The van der Waals surface area contributed by atoms with Crippen molar-refractivity contribution in [3.8, 4) is 11.8 Å². The van der Waals surface area contributed by atoms with Crippen molar-refractivity contribution >= 4 is 11.8 Å². The van der Waals surface area contributed by atoms with E-state index < -0.39 is 0 Å². The summed E-state index contributed by atoms with van der Waals surface area (Å²) < 4.78 is 5.39. The molecule has 0 aromatic heterocycles. The maximum atomic E-state index is 12.6. The zero-order valence-corrected chi connectivity index (χ0v) is 17.6. The third-order valence-corrected chi connectivity index (χ3v) is 6.01. The molecule has 0 radical (unpaired) electrons. The maximum absolute atomic E-state index is 12.6. The summed E-state index contributed by atoms with van der Waals surface area (Å²) >= 11 is 0. The molecule has 3 atom stereocenters. The van der Waals surface area contributed by atoms with Gasteiger partial charge in [-0.05, 0) is 42.3 Å². The molecule has 0 bridgehead atoms. The zero-order chi connectivity index (χ0) is 21.3. The molecule has 0 unspecified atom stereocenters. The van der Waals surface area contributed by atoms with Crippen LogP contribution in [0.4, 0.5) is 0 Å². The summed E-state index contributed by atoms with van der Waals surface area (Å²) in [6.45, 7) is 4.79. The molecule has 2 aliphatic rings. The Labute approximate surface area is 177 Å². The number of ether oxygens (including phenoxy) is 1. The van der Waals surface area contributed by atoms with Crippen LogP contribution in [0.3, 0.4) is 0 Å². The first-order valence-electron chi connectivity index (χ1n) is 10.2. The second-order valence-corrected chi connectivity index (χ2v) is 8.06. The van der Waals surface area contributed by atoms with Crippen LogP contribution in [-0.2, 0) is 14.3 Å². The summed E-state index contributed by atoms with van der Waals surface area (Å²) in [5.74, 6) is 6.52. The molecule has 154 valence electrons. The van der Waals surface area contributed by atoms with E-state index in [1.807, 2.05) is 29.2 Å². The molecular formula is C25H26N2O3. The van der Waals surface area contributed by atoms with E-state index in [0.29, 0.717) is 13.2 Å². The predicted octanol–water partition coefficient (Wildman–Crippen LogP) is 2.57. The molecular weight excluding hydrogens is 376 g/mol. The fraction of sp³-hybridized carbons (Fsp3) is 0.360. The molecule has 5 nitrogen and oxygen atoms in total. The average molecular weight is 402 g/mol. The lowest BCUT2D eigenvalue weighted by Gasteiger charge is -2.59. The number of benzene rings is 2.